The van der Waals surface area contributed by atoms with Crippen molar-refractivity contribution in [3.8, 4) is 0 Å². The number of esters is 2. The summed E-state index contributed by atoms with van der Waals surface area (Å²) in [6.07, 6.45) is 0.230. The molecule has 0 aliphatic carbocycles. The number of carbonyl (C=O) groups excluding carboxylic acids is 4. The highest BCUT2D eigenvalue weighted by Crippen LogP contribution is 2.11. The number of hydrogen-bond donors (Lipinski definition) is 2. The Morgan fingerprint density at radius 1 is 1.16 bits per heavy atom. The van der Waals surface area contributed by atoms with E-state index in [4.69, 9.17) is 21.7 Å². The molecule has 1 fully saturated rings. The number of hydrogen-bond acceptors (Lipinski definition) is 7. The van der Waals surface area contributed by atoms with Crippen molar-refractivity contribution in [2.45, 2.75) is 38.6 Å². The average molecular weight is 450 g/mol. The first-order valence-electron chi connectivity index (χ1n) is 10.1. The smallest absolute Gasteiger partial charge is 0.308 e. The largest absolute Gasteiger partial charge is 0.466 e. The van der Waals surface area contributed by atoms with Gasteiger partial charge in [-0.3, -0.25) is 19.2 Å². The molecule has 9 nitrogen and oxygen atoms in total. The predicted octanol–water partition coefficient (Wildman–Crippen LogP) is 0.707. The molecule has 31 heavy (non-hydrogen) atoms. The van der Waals surface area contributed by atoms with Crippen LogP contribution in [0, 0.1) is 0 Å². The van der Waals surface area contributed by atoms with Gasteiger partial charge in [-0.2, -0.15) is 0 Å². The van der Waals surface area contributed by atoms with Gasteiger partial charge in [0.1, 0.15) is 6.04 Å². The van der Waals surface area contributed by atoms with Gasteiger partial charge in [0.05, 0.1) is 26.1 Å². The van der Waals surface area contributed by atoms with Gasteiger partial charge in [-0.05, 0) is 24.7 Å². The van der Waals surface area contributed by atoms with Gasteiger partial charge in [0.15, 0.2) is 5.11 Å². The van der Waals surface area contributed by atoms with Crippen molar-refractivity contribution in [2.75, 3.05) is 26.3 Å². The minimum Gasteiger partial charge on any atom is -0.466 e. The van der Waals surface area contributed by atoms with Crippen LogP contribution in [0.2, 0.25) is 0 Å². The summed E-state index contributed by atoms with van der Waals surface area (Å²) in [5.74, 6) is -1.83. The van der Waals surface area contributed by atoms with Gasteiger partial charge < -0.3 is 25.0 Å². The summed E-state index contributed by atoms with van der Waals surface area (Å²) < 4.78 is 10.0. The molecule has 0 radical (unpaired) electrons. The van der Waals surface area contributed by atoms with Gasteiger partial charge in [0, 0.05) is 25.9 Å². The molecule has 0 unspecified atom stereocenters. The number of amides is 2. The van der Waals surface area contributed by atoms with Crippen LogP contribution in [0.25, 0.3) is 0 Å². The number of carbonyl (C=O) groups is 4. The summed E-state index contributed by atoms with van der Waals surface area (Å²) in [6, 6.07) is 8.76. The lowest BCUT2D eigenvalue weighted by Gasteiger charge is -2.36. The Bertz CT molecular complexity index is 802. The topological polar surface area (TPSA) is 114 Å². The van der Waals surface area contributed by atoms with Gasteiger partial charge in [-0.1, -0.05) is 30.3 Å². The number of thiocarbonyl (C=S) groups is 1. The van der Waals surface area contributed by atoms with Crippen LogP contribution in [-0.2, 0) is 35.1 Å². The van der Waals surface area contributed by atoms with Gasteiger partial charge in [-0.25, -0.2) is 0 Å². The molecule has 0 saturated carbocycles. The van der Waals surface area contributed by atoms with E-state index in [1.54, 1.807) is 6.92 Å². The molecule has 0 spiro atoms. The van der Waals surface area contributed by atoms with Crippen molar-refractivity contribution < 1.29 is 28.7 Å². The van der Waals surface area contributed by atoms with Crippen LogP contribution in [0.15, 0.2) is 30.3 Å². The zero-order valence-corrected chi connectivity index (χ0v) is 18.2. The fraction of sp³-hybridized carbons (Fsp3) is 0.476. The molecule has 1 aliphatic heterocycles. The average Bonchev–Trinajstić information content (AvgIpc) is 2.74. The molecular formula is C21H27N3O6S. The number of nitrogens with one attached hydrogen (secondary N) is 2. The molecule has 10 heteroatoms. The lowest BCUT2D eigenvalue weighted by Crippen LogP contribution is -2.60. The molecule has 2 N–H and O–H groups in total. The van der Waals surface area contributed by atoms with E-state index in [0.29, 0.717) is 19.5 Å². The first-order valence-corrected chi connectivity index (χ1v) is 10.5. The molecule has 0 bridgehead atoms. The second-order valence-corrected chi connectivity index (χ2v) is 7.21. The van der Waals surface area contributed by atoms with Crippen LogP contribution >= 0.6 is 12.2 Å². The van der Waals surface area contributed by atoms with E-state index in [2.05, 4.69) is 10.6 Å². The van der Waals surface area contributed by atoms with Crippen molar-refractivity contribution in [3.63, 3.8) is 0 Å². The summed E-state index contributed by atoms with van der Waals surface area (Å²) in [6.45, 7) is 2.80. The maximum Gasteiger partial charge on any atom is 0.308 e. The summed E-state index contributed by atoms with van der Waals surface area (Å²) in [5.41, 5.74) is 1.06. The van der Waals surface area contributed by atoms with E-state index in [1.165, 1.54) is 4.90 Å². The van der Waals surface area contributed by atoms with Crippen molar-refractivity contribution in [1.82, 2.24) is 15.5 Å². The van der Waals surface area contributed by atoms with E-state index < -0.39 is 23.9 Å². The van der Waals surface area contributed by atoms with Crippen molar-refractivity contribution >= 4 is 41.1 Å². The molecule has 2 rings (SSSR count). The van der Waals surface area contributed by atoms with Crippen molar-refractivity contribution in [2.24, 2.45) is 0 Å². The minimum absolute atomic E-state index is 0.0339. The highest BCUT2D eigenvalue weighted by Gasteiger charge is 2.34. The van der Waals surface area contributed by atoms with E-state index in [-0.39, 0.29) is 43.5 Å². The fourth-order valence-corrected chi connectivity index (χ4v) is 3.34. The summed E-state index contributed by atoms with van der Waals surface area (Å²) in [7, 11) is 0. The summed E-state index contributed by atoms with van der Waals surface area (Å²) in [5, 5.41) is 5.22. The van der Waals surface area contributed by atoms with Gasteiger partial charge in [0.25, 0.3) is 0 Å². The first-order chi connectivity index (χ1) is 14.9. The Morgan fingerprint density at radius 3 is 2.61 bits per heavy atom. The lowest BCUT2D eigenvalue weighted by molar-refractivity contribution is -0.147. The summed E-state index contributed by atoms with van der Waals surface area (Å²) in [4.78, 5) is 49.5. The zero-order valence-electron chi connectivity index (χ0n) is 17.4. The monoisotopic (exact) mass is 449 g/mol. The highest BCUT2D eigenvalue weighted by atomic mass is 32.1. The Labute approximate surface area is 186 Å². The standard InChI is InChI=1S/C21H27N3O6S/c1-2-29-19(27)14-16-20(28)22-11-12-24(16)21(31)23-17(25)8-9-18(26)30-13-10-15-6-4-3-5-7-15/h3-7,16H,2,8-14H2,1H3,(H,22,28)(H,23,25,31)/t16-/m0/s1. The molecule has 1 aromatic carbocycles. The molecule has 1 aromatic rings. The zero-order chi connectivity index (χ0) is 22.6. The van der Waals surface area contributed by atoms with Gasteiger partial charge >= 0.3 is 11.9 Å². The number of piperazine rings is 1. The van der Waals surface area contributed by atoms with E-state index in [9.17, 15) is 19.2 Å². The molecule has 1 atom stereocenters. The Balaban J connectivity index is 1.75. The SMILES string of the molecule is CCOC(=O)C[C@H]1C(=O)NCCN1C(=S)NC(=O)CCC(=O)OCCc1ccccc1. The first kappa shape index (κ1) is 24.3. The van der Waals surface area contributed by atoms with Crippen LogP contribution in [0.5, 0.6) is 0 Å². The maximum atomic E-state index is 12.2. The van der Waals surface area contributed by atoms with E-state index in [1.807, 2.05) is 30.3 Å². The van der Waals surface area contributed by atoms with Crippen LogP contribution in [0.3, 0.4) is 0 Å². The molecule has 1 saturated heterocycles. The highest BCUT2D eigenvalue weighted by molar-refractivity contribution is 7.80. The van der Waals surface area contributed by atoms with Crippen LogP contribution < -0.4 is 10.6 Å². The fourth-order valence-electron chi connectivity index (χ4n) is 3.01. The third kappa shape index (κ3) is 8.33. The molecule has 168 valence electrons. The minimum atomic E-state index is -0.858. The van der Waals surface area contributed by atoms with Crippen LogP contribution in [-0.4, -0.2) is 66.1 Å². The Morgan fingerprint density at radius 2 is 1.90 bits per heavy atom. The van der Waals surface area contributed by atoms with Crippen LogP contribution in [0.4, 0.5) is 0 Å². The molecule has 2 amide bonds. The second kappa shape index (κ2) is 12.6. The third-order valence-electron chi connectivity index (χ3n) is 4.56. The lowest BCUT2D eigenvalue weighted by atomic mass is 10.1. The number of nitrogens with zero attached hydrogens (tertiary/aromatic N) is 1. The predicted molar refractivity (Wildman–Crippen MR) is 116 cm³/mol. The van der Waals surface area contributed by atoms with E-state index >= 15 is 0 Å². The Kier molecular flexibility index (Phi) is 9.89. The van der Waals surface area contributed by atoms with Crippen molar-refractivity contribution in [1.29, 1.82) is 0 Å². The molecule has 0 aromatic heterocycles. The number of benzene rings is 1. The number of ether oxygens (including phenoxy) is 2. The van der Waals surface area contributed by atoms with E-state index in [0.717, 1.165) is 5.56 Å². The molecule has 1 aliphatic rings. The normalized spacial score (nSPS) is 15.6. The number of rotatable bonds is 9. The maximum absolute atomic E-state index is 12.2. The molecule has 1 heterocycles. The second-order valence-electron chi connectivity index (χ2n) is 6.82. The van der Waals surface area contributed by atoms with Gasteiger partial charge in [0.2, 0.25) is 11.8 Å². The van der Waals surface area contributed by atoms with Gasteiger partial charge in [-0.15, -0.1) is 0 Å². The summed E-state index contributed by atoms with van der Waals surface area (Å²) >= 11 is 5.25. The quantitative estimate of drug-likeness (QED) is 0.419. The third-order valence-corrected chi connectivity index (χ3v) is 4.89. The Hall–Kier alpha value is -3.01. The van der Waals surface area contributed by atoms with Crippen LogP contribution in [0.1, 0.15) is 31.7 Å². The molecular weight excluding hydrogens is 422 g/mol. The van der Waals surface area contributed by atoms with Crippen molar-refractivity contribution in [3.05, 3.63) is 35.9 Å².